The number of nitrogens with zero attached hydrogens (tertiary/aromatic N) is 1. The van der Waals surface area contributed by atoms with Crippen molar-refractivity contribution in [2.24, 2.45) is 5.92 Å². The van der Waals surface area contributed by atoms with Gasteiger partial charge in [-0.2, -0.15) is 0 Å². The number of aliphatic hydroxyl groups excluding tert-OH is 3. The second-order valence-corrected chi connectivity index (χ2v) is 6.79. The van der Waals surface area contributed by atoms with E-state index in [1.54, 1.807) is 0 Å². The van der Waals surface area contributed by atoms with E-state index in [9.17, 15) is 9.90 Å². The summed E-state index contributed by atoms with van der Waals surface area (Å²) in [5.74, 6) is -1.16. The highest BCUT2D eigenvalue weighted by atomic mass is 16.4. The Morgan fingerprint density at radius 2 is 2.08 bits per heavy atom. The Morgan fingerprint density at radius 1 is 1.35 bits per heavy atom. The van der Waals surface area contributed by atoms with Crippen LogP contribution in [0.25, 0.3) is 16.5 Å². The molecule has 0 spiro atoms. The molecule has 7 heteroatoms. The quantitative estimate of drug-likeness (QED) is 0.543. The number of carboxylic acid groups (broad SMARTS) is 1. The van der Waals surface area contributed by atoms with Gasteiger partial charge in [0, 0.05) is 29.7 Å². The molecule has 1 aromatic heterocycles. The summed E-state index contributed by atoms with van der Waals surface area (Å²) in [6.45, 7) is -0.147. The smallest absolute Gasteiger partial charge is 0.311 e. The Balaban J connectivity index is 0.000000286. The van der Waals surface area contributed by atoms with E-state index in [-0.39, 0.29) is 13.2 Å². The summed E-state index contributed by atoms with van der Waals surface area (Å²) in [6.07, 6.45) is 4.04. The second kappa shape index (κ2) is 7.59. The van der Waals surface area contributed by atoms with Gasteiger partial charge in [0.1, 0.15) is 6.10 Å². The van der Waals surface area contributed by atoms with Gasteiger partial charge in [0.05, 0.1) is 19.1 Å². The number of hydrogen-bond donors (Lipinski definition) is 5. The molecule has 2 heterocycles. The zero-order valence-electron chi connectivity index (χ0n) is 14.6. The third kappa shape index (κ3) is 3.39. The maximum atomic E-state index is 11.3. The van der Waals surface area contributed by atoms with Crippen molar-refractivity contribution in [3.8, 4) is 0 Å². The molecular formula is C19H24N2O5. The molecule has 0 radical (unpaired) electrons. The lowest BCUT2D eigenvalue weighted by atomic mass is 9.80. The number of likely N-dealkylation sites (N-methyl/N-ethyl adjacent to an activating group) is 1. The lowest BCUT2D eigenvalue weighted by Crippen LogP contribution is -2.44. The van der Waals surface area contributed by atoms with Crippen LogP contribution in [0.4, 0.5) is 0 Å². The van der Waals surface area contributed by atoms with Gasteiger partial charge in [-0.3, -0.25) is 9.69 Å². The molecule has 1 aliphatic heterocycles. The van der Waals surface area contributed by atoms with Crippen molar-refractivity contribution in [1.29, 1.82) is 0 Å². The van der Waals surface area contributed by atoms with Crippen molar-refractivity contribution in [2.45, 2.75) is 18.6 Å². The first kappa shape index (κ1) is 18.6. The largest absolute Gasteiger partial charge is 0.481 e. The van der Waals surface area contributed by atoms with Gasteiger partial charge in [-0.15, -0.1) is 0 Å². The Kier molecular flexibility index (Phi) is 5.43. The van der Waals surface area contributed by atoms with E-state index in [0.717, 1.165) is 11.9 Å². The van der Waals surface area contributed by atoms with Gasteiger partial charge in [-0.05, 0) is 36.2 Å². The van der Waals surface area contributed by atoms with Gasteiger partial charge in [0.15, 0.2) is 0 Å². The predicted octanol–water partition coefficient (Wildman–Crippen LogP) is 0.454. The van der Waals surface area contributed by atoms with Crippen molar-refractivity contribution in [1.82, 2.24) is 9.88 Å². The molecule has 140 valence electrons. The molecule has 0 fully saturated rings. The van der Waals surface area contributed by atoms with Crippen LogP contribution in [0.3, 0.4) is 0 Å². The van der Waals surface area contributed by atoms with Crippen LogP contribution in [0, 0.1) is 5.92 Å². The third-order valence-corrected chi connectivity index (χ3v) is 5.01. The minimum atomic E-state index is -0.954. The third-order valence-electron chi connectivity index (χ3n) is 5.01. The zero-order chi connectivity index (χ0) is 18.8. The Bertz CT molecular complexity index is 824. The molecule has 7 nitrogen and oxygen atoms in total. The van der Waals surface area contributed by atoms with Crippen molar-refractivity contribution >= 4 is 22.4 Å². The number of aromatic amines is 1. The van der Waals surface area contributed by atoms with Crippen LogP contribution in [0.15, 0.2) is 30.5 Å². The summed E-state index contributed by atoms with van der Waals surface area (Å²) in [5.41, 5.74) is 4.83. The SMILES string of the molecule is CN1C[C@H](C(=O)O)C=C2c3cccc4[nH]cc(c34)C[C@H]21.OCC(O)CO. The fourth-order valence-electron chi connectivity index (χ4n) is 3.66. The number of fused-ring (bicyclic) bond motifs is 2. The average Bonchev–Trinajstić information content (AvgIpc) is 3.06. The zero-order valence-corrected chi connectivity index (χ0v) is 14.6. The van der Waals surface area contributed by atoms with Crippen LogP contribution in [0.5, 0.6) is 0 Å². The van der Waals surface area contributed by atoms with Crippen molar-refractivity contribution in [3.63, 3.8) is 0 Å². The van der Waals surface area contributed by atoms with Crippen LogP contribution in [-0.4, -0.2) is 75.2 Å². The first-order valence-corrected chi connectivity index (χ1v) is 8.60. The van der Waals surface area contributed by atoms with Crippen molar-refractivity contribution in [3.05, 3.63) is 41.6 Å². The predicted molar refractivity (Wildman–Crippen MR) is 97.7 cm³/mol. The molecule has 0 amide bonds. The Morgan fingerprint density at radius 3 is 2.69 bits per heavy atom. The number of aromatic nitrogens is 1. The van der Waals surface area contributed by atoms with Gasteiger partial charge in [0.25, 0.3) is 0 Å². The number of aliphatic carboxylic acids is 1. The lowest BCUT2D eigenvalue weighted by molar-refractivity contribution is -0.140. The Hall–Kier alpha value is -2.19. The standard InChI is InChI=1S/C16H16N2O2.C3H8O3/c1-18-8-10(16(19)20)5-12-11-3-2-4-13-15(11)9(7-17-13)6-14(12)18;4-1-3(6)2-5/h2-5,7,10,14,17H,6,8H2,1H3,(H,19,20);3-6H,1-2H2/t10-,14-;/m1./s1. The highest BCUT2D eigenvalue weighted by molar-refractivity contribution is 5.99. The molecule has 1 aliphatic carbocycles. The maximum absolute atomic E-state index is 11.3. The molecule has 2 atom stereocenters. The normalized spacial score (nSPS) is 21.8. The lowest BCUT2D eigenvalue weighted by Gasteiger charge is -2.38. The van der Waals surface area contributed by atoms with Gasteiger partial charge >= 0.3 is 5.97 Å². The molecule has 0 saturated heterocycles. The molecule has 4 rings (SSSR count). The van der Waals surface area contributed by atoms with E-state index in [0.29, 0.717) is 12.6 Å². The minimum absolute atomic E-state index is 0.291. The fraction of sp³-hybridized carbons (Fsp3) is 0.421. The van der Waals surface area contributed by atoms with Crippen molar-refractivity contribution in [2.75, 3.05) is 26.8 Å². The summed E-state index contributed by atoms with van der Waals surface area (Å²) in [7, 11) is 2.02. The number of carbonyl (C=O) groups is 1. The van der Waals surface area contributed by atoms with Crippen LogP contribution in [0.1, 0.15) is 11.1 Å². The summed E-state index contributed by atoms with van der Waals surface area (Å²) in [4.78, 5) is 16.8. The van der Waals surface area contributed by atoms with Gasteiger partial charge in [-0.1, -0.05) is 18.2 Å². The number of nitrogens with one attached hydrogen (secondary N) is 1. The average molecular weight is 360 g/mol. The van der Waals surface area contributed by atoms with E-state index in [4.69, 9.17) is 15.3 Å². The van der Waals surface area contributed by atoms with Crippen LogP contribution < -0.4 is 0 Å². The molecule has 1 aromatic carbocycles. The molecule has 2 aromatic rings. The van der Waals surface area contributed by atoms with E-state index in [1.807, 2.05) is 19.2 Å². The minimum Gasteiger partial charge on any atom is -0.481 e. The number of benzene rings is 1. The van der Waals surface area contributed by atoms with Gasteiger partial charge < -0.3 is 25.4 Å². The molecule has 0 unspecified atom stereocenters. The number of H-pyrrole nitrogens is 1. The molecule has 0 saturated carbocycles. The second-order valence-electron chi connectivity index (χ2n) is 6.79. The monoisotopic (exact) mass is 360 g/mol. The van der Waals surface area contributed by atoms with E-state index < -0.39 is 18.0 Å². The number of aliphatic hydroxyl groups is 3. The first-order valence-electron chi connectivity index (χ1n) is 8.60. The van der Waals surface area contributed by atoms with E-state index >= 15 is 0 Å². The maximum Gasteiger partial charge on any atom is 0.311 e. The van der Waals surface area contributed by atoms with Crippen LogP contribution in [0.2, 0.25) is 0 Å². The number of rotatable bonds is 3. The summed E-state index contributed by atoms with van der Waals surface area (Å²) >= 11 is 0. The topological polar surface area (TPSA) is 117 Å². The molecule has 5 N–H and O–H groups in total. The molecule has 0 bridgehead atoms. The van der Waals surface area contributed by atoms with Gasteiger partial charge in [-0.25, -0.2) is 0 Å². The summed E-state index contributed by atoms with van der Waals surface area (Å²) in [5, 5.41) is 34.6. The number of hydrogen-bond acceptors (Lipinski definition) is 5. The van der Waals surface area contributed by atoms with Crippen molar-refractivity contribution < 1.29 is 25.2 Å². The number of carboxylic acids is 1. The fourth-order valence-corrected chi connectivity index (χ4v) is 3.66. The first-order chi connectivity index (χ1) is 12.5. The van der Waals surface area contributed by atoms with E-state index in [1.165, 1.54) is 22.1 Å². The molecule has 26 heavy (non-hydrogen) atoms. The summed E-state index contributed by atoms with van der Waals surface area (Å²) in [6, 6.07) is 6.51. The van der Waals surface area contributed by atoms with Gasteiger partial charge in [0.2, 0.25) is 0 Å². The highest BCUT2D eigenvalue weighted by Gasteiger charge is 2.35. The van der Waals surface area contributed by atoms with Crippen LogP contribution >= 0.6 is 0 Å². The van der Waals surface area contributed by atoms with Crippen LogP contribution in [-0.2, 0) is 11.2 Å². The van der Waals surface area contributed by atoms with E-state index in [2.05, 4.69) is 28.2 Å². The molecular weight excluding hydrogens is 336 g/mol. The highest BCUT2D eigenvalue weighted by Crippen LogP contribution is 2.40. The summed E-state index contributed by atoms with van der Waals surface area (Å²) < 4.78 is 0. The molecule has 2 aliphatic rings. The Labute approximate surface area is 151 Å².